The molecule has 1 atom stereocenters. The summed E-state index contributed by atoms with van der Waals surface area (Å²) in [5.74, 6) is 1.03. The average Bonchev–Trinajstić information content (AvgIpc) is 2.25. The van der Waals surface area contributed by atoms with Crippen LogP contribution in [-0.2, 0) is 6.42 Å². The van der Waals surface area contributed by atoms with E-state index in [2.05, 4.69) is 23.8 Å². The Morgan fingerprint density at radius 3 is 2.76 bits per heavy atom. The minimum Gasteiger partial charge on any atom is -0.477 e. The minimum atomic E-state index is -0.356. The van der Waals surface area contributed by atoms with E-state index in [1.165, 1.54) is 0 Å². The second-order valence-corrected chi connectivity index (χ2v) is 4.68. The van der Waals surface area contributed by atoms with Gasteiger partial charge in [0, 0.05) is 12.6 Å². The van der Waals surface area contributed by atoms with E-state index in [0.717, 1.165) is 18.5 Å². The molecule has 0 radical (unpaired) electrons. The maximum absolute atomic E-state index is 9.83. The van der Waals surface area contributed by atoms with Gasteiger partial charge in [-0.05, 0) is 18.8 Å². The van der Waals surface area contributed by atoms with E-state index in [1.54, 1.807) is 12.4 Å². The van der Waals surface area contributed by atoms with Gasteiger partial charge < -0.3 is 9.84 Å². The Morgan fingerprint density at radius 1 is 1.35 bits per heavy atom. The van der Waals surface area contributed by atoms with Crippen LogP contribution in [0, 0.1) is 5.92 Å². The topological polar surface area (TPSA) is 55.2 Å². The summed E-state index contributed by atoms with van der Waals surface area (Å²) in [6, 6.07) is 0. The summed E-state index contributed by atoms with van der Waals surface area (Å²) in [6.45, 7) is 6.88. The largest absolute Gasteiger partial charge is 0.477 e. The van der Waals surface area contributed by atoms with Crippen molar-refractivity contribution in [1.82, 2.24) is 9.97 Å². The van der Waals surface area contributed by atoms with E-state index in [9.17, 15) is 5.11 Å². The van der Waals surface area contributed by atoms with Crippen LogP contribution in [0.15, 0.2) is 12.4 Å². The Morgan fingerprint density at radius 2 is 2.12 bits per heavy atom. The van der Waals surface area contributed by atoms with Gasteiger partial charge in [0.15, 0.2) is 0 Å². The average molecular weight is 238 g/mol. The molecule has 0 bridgehead atoms. The minimum absolute atomic E-state index is 0.356. The monoisotopic (exact) mass is 238 g/mol. The van der Waals surface area contributed by atoms with Crippen LogP contribution in [0.4, 0.5) is 0 Å². The lowest BCUT2D eigenvalue weighted by Gasteiger charge is -2.12. The van der Waals surface area contributed by atoms with Gasteiger partial charge in [-0.15, -0.1) is 0 Å². The Balaban J connectivity index is 2.52. The molecule has 0 aliphatic carbocycles. The van der Waals surface area contributed by atoms with Crippen LogP contribution in [0.5, 0.6) is 5.88 Å². The van der Waals surface area contributed by atoms with E-state index in [0.29, 0.717) is 24.8 Å². The maximum Gasteiger partial charge on any atom is 0.232 e. The standard InChI is InChI=1S/C13H22N2O2/c1-4-5-17-13-9-14-8-11(15-13)7-12(16)6-10(2)3/h8-10,12,16H,4-7H2,1-3H3. The molecule has 17 heavy (non-hydrogen) atoms. The molecule has 1 rings (SSSR count). The van der Waals surface area contributed by atoms with Crippen LogP contribution < -0.4 is 4.74 Å². The van der Waals surface area contributed by atoms with Crippen LogP contribution in [0.3, 0.4) is 0 Å². The third-order valence-corrected chi connectivity index (χ3v) is 2.30. The number of aromatic nitrogens is 2. The van der Waals surface area contributed by atoms with Crippen LogP contribution in [0.2, 0.25) is 0 Å². The van der Waals surface area contributed by atoms with Gasteiger partial charge in [0.05, 0.1) is 24.6 Å². The number of nitrogens with zero attached hydrogens (tertiary/aromatic N) is 2. The molecule has 1 aromatic rings. The summed E-state index contributed by atoms with van der Waals surface area (Å²) in [7, 11) is 0. The third kappa shape index (κ3) is 5.63. The summed E-state index contributed by atoms with van der Waals surface area (Å²) in [4.78, 5) is 8.38. The fourth-order valence-electron chi connectivity index (χ4n) is 1.63. The van der Waals surface area contributed by atoms with Gasteiger partial charge in [0.1, 0.15) is 0 Å². The molecular formula is C13H22N2O2. The van der Waals surface area contributed by atoms with Gasteiger partial charge in [-0.2, -0.15) is 0 Å². The van der Waals surface area contributed by atoms with Gasteiger partial charge in [-0.25, -0.2) is 4.98 Å². The van der Waals surface area contributed by atoms with Crippen molar-refractivity contribution in [3.05, 3.63) is 18.1 Å². The molecule has 96 valence electrons. The lowest BCUT2D eigenvalue weighted by atomic mass is 10.0. The lowest BCUT2D eigenvalue weighted by molar-refractivity contribution is 0.147. The quantitative estimate of drug-likeness (QED) is 0.791. The molecule has 1 N–H and O–H groups in total. The number of ether oxygens (including phenoxy) is 1. The number of rotatable bonds is 7. The Labute approximate surface area is 103 Å². The molecule has 4 heteroatoms. The number of aliphatic hydroxyl groups excluding tert-OH is 1. The summed E-state index contributed by atoms with van der Waals surface area (Å²) in [5, 5.41) is 9.83. The van der Waals surface area contributed by atoms with Crippen molar-refractivity contribution in [1.29, 1.82) is 0 Å². The normalized spacial score (nSPS) is 12.8. The summed E-state index contributed by atoms with van der Waals surface area (Å²) >= 11 is 0. The SMILES string of the molecule is CCCOc1cncc(CC(O)CC(C)C)n1. The van der Waals surface area contributed by atoms with Gasteiger partial charge in [-0.3, -0.25) is 4.98 Å². The zero-order chi connectivity index (χ0) is 12.7. The van der Waals surface area contributed by atoms with Crippen molar-refractivity contribution in [3.63, 3.8) is 0 Å². The third-order valence-electron chi connectivity index (χ3n) is 2.30. The maximum atomic E-state index is 9.83. The molecule has 1 unspecified atom stereocenters. The predicted molar refractivity (Wildman–Crippen MR) is 67.0 cm³/mol. The zero-order valence-electron chi connectivity index (χ0n) is 10.9. The summed E-state index contributed by atoms with van der Waals surface area (Å²) < 4.78 is 5.40. The molecule has 0 aliphatic rings. The molecule has 0 aliphatic heterocycles. The van der Waals surface area contributed by atoms with Gasteiger partial charge in [0.2, 0.25) is 5.88 Å². The second-order valence-electron chi connectivity index (χ2n) is 4.68. The first-order valence-corrected chi connectivity index (χ1v) is 6.23. The van der Waals surface area contributed by atoms with E-state index >= 15 is 0 Å². The Kier molecular flexibility index (Phi) is 5.91. The highest BCUT2D eigenvalue weighted by molar-refractivity contribution is 5.09. The van der Waals surface area contributed by atoms with Crippen molar-refractivity contribution >= 4 is 0 Å². The van der Waals surface area contributed by atoms with Crippen molar-refractivity contribution in [3.8, 4) is 5.88 Å². The predicted octanol–water partition coefficient (Wildman–Crippen LogP) is 2.21. The summed E-state index contributed by atoms with van der Waals surface area (Å²) in [5.41, 5.74) is 0.784. The van der Waals surface area contributed by atoms with E-state index < -0.39 is 0 Å². The van der Waals surface area contributed by atoms with Crippen molar-refractivity contribution in [2.75, 3.05) is 6.61 Å². The van der Waals surface area contributed by atoms with Crippen molar-refractivity contribution in [2.45, 2.75) is 46.1 Å². The van der Waals surface area contributed by atoms with E-state index in [1.807, 2.05) is 6.92 Å². The fraction of sp³-hybridized carbons (Fsp3) is 0.692. The zero-order valence-corrected chi connectivity index (χ0v) is 10.9. The van der Waals surface area contributed by atoms with Crippen molar-refractivity contribution in [2.24, 2.45) is 5.92 Å². The molecule has 1 heterocycles. The lowest BCUT2D eigenvalue weighted by Crippen LogP contribution is -2.14. The first-order chi connectivity index (χ1) is 8.11. The number of hydrogen-bond acceptors (Lipinski definition) is 4. The van der Waals surface area contributed by atoms with Crippen LogP contribution in [0.1, 0.15) is 39.3 Å². The van der Waals surface area contributed by atoms with Crippen LogP contribution in [0.25, 0.3) is 0 Å². The highest BCUT2D eigenvalue weighted by atomic mass is 16.5. The molecule has 0 saturated heterocycles. The van der Waals surface area contributed by atoms with E-state index in [4.69, 9.17) is 4.74 Å². The van der Waals surface area contributed by atoms with Crippen LogP contribution >= 0.6 is 0 Å². The smallest absolute Gasteiger partial charge is 0.232 e. The van der Waals surface area contributed by atoms with Gasteiger partial charge in [-0.1, -0.05) is 20.8 Å². The fourth-order valence-corrected chi connectivity index (χ4v) is 1.63. The van der Waals surface area contributed by atoms with Crippen LogP contribution in [-0.4, -0.2) is 27.8 Å². The van der Waals surface area contributed by atoms with Gasteiger partial charge in [0.25, 0.3) is 0 Å². The molecular weight excluding hydrogens is 216 g/mol. The molecule has 0 spiro atoms. The summed E-state index contributed by atoms with van der Waals surface area (Å²) in [6.07, 6.45) is 5.19. The molecule has 0 aromatic carbocycles. The number of aliphatic hydroxyl groups is 1. The number of hydrogen-bond donors (Lipinski definition) is 1. The van der Waals surface area contributed by atoms with Gasteiger partial charge >= 0.3 is 0 Å². The van der Waals surface area contributed by atoms with E-state index in [-0.39, 0.29) is 6.10 Å². The molecule has 4 nitrogen and oxygen atoms in total. The first kappa shape index (κ1) is 13.9. The van der Waals surface area contributed by atoms with Crippen molar-refractivity contribution < 1.29 is 9.84 Å². The molecule has 0 amide bonds. The Hall–Kier alpha value is -1.16. The Bertz CT molecular complexity index is 329. The molecule has 0 fully saturated rings. The first-order valence-electron chi connectivity index (χ1n) is 6.23. The molecule has 1 aromatic heterocycles. The highest BCUT2D eigenvalue weighted by Crippen LogP contribution is 2.11. The highest BCUT2D eigenvalue weighted by Gasteiger charge is 2.10. The molecule has 0 saturated carbocycles. The second kappa shape index (κ2) is 7.22.